The quantitative estimate of drug-likeness (QED) is 0.670. The van der Waals surface area contributed by atoms with E-state index in [0.717, 1.165) is 5.92 Å². The van der Waals surface area contributed by atoms with Crippen LogP contribution >= 0.6 is 11.6 Å². The minimum Gasteiger partial charge on any atom is -0.123 e. The molecule has 1 heteroatoms. The van der Waals surface area contributed by atoms with Crippen molar-refractivity contribution in [2.45, 2.75) is 38.0 Å². The third kappa shape index (κ3) is 2.75. The molecule has 15 heavy (non-hydrogen) atoms. The molecule has 2 rings (SSSR count). The summed E-state index contributed by atoms with van der Waals surface area (Å²) in [5.74, 6) is 1.54. The van der Waals surface area contributed by atoms with Crippen LogP contribution in [0.15, 0.2) is 30.3 Å². The molecule has 82 valence electrons. The second-order valence-corrected chi connectivity index (χ2v) is 5.30. The van der Waals surface area contributed by atoms with Gasteiger partial charge in [0.05, 0.1) is 0 Å². The summed E-state index contributed by atoms with van der Waals surface area (Å²) in [6, 6.07) is 10.8. The van der Waals surface area contributed by atoms with Crippen LogP contribution in [0.3, 0.4) is 0 Å². The molecule has 1 aromatic rings. The first-order valence-electron chi connectivity index (χ1n) is 5.95. The average molecular weight is 223 g/mol. The maximum Gasteiger partial charge on any atom is 0.0364 e. The molecule has 1 aliphatic rings. The van der Waals surface area contributed by atoms with Crippen LogP contribution in [0.2, 0.25) is 0 Å². The third-order valence-electron chi connectivity index (χ3n) is 3.77. The summed E-state index contributed by atoms with van der Waals surface area (Å²) in [5.41, 5.74) is 1.46. The standard InChI is InChI=1S/C14H19Cl/c1-11-13(9-10-14(11)15)8-7-12-5-3-2-4-6-12/h2-6,11,13-14H,7-10H2,1H3. The van der Waals surface area contributed by atoms with Gasteiger partial charge in [-0.15, -0.1) is 11.6 Å². The van der Waals surface area contributed by atoms with Gasteiger partial charge < -0.3 is 0 Å². The zero-order chi connectivity index (χ0) is 10.7. The van der Waals surface area contributed by atoms with Gasteiger partial charge in [-0.05, 0) is 43.1 Å². The molecule has 0 N–H and O–H groups in total. The highest BCUT2D eigenvalue weighted by molar-refractivity contribution is 6.20. The van der Waals surface area contributed by atoms with E-state index in [9.17, 15) is 0 Å². The van der Waals surface area contributed by atoms with Crippen molar-refractivity contribution in [2.75, 3.05) is 0 Å². The van der Waals surface area contributed by atoms with Gasteiger partial charge in [0.2, 0.25) is 0 Å². The van der Waals surface area contributed by atoms with E-state index in [1.165, 1.54) is 31.2 Å². The van der Waals surface area contributed by atoms with Crippen LogP contribution in [0.1, 0.15) is 31.7 Å². The smallest absolute Gasteiger partial charge is 0.0364 e. The lowest BCUT2D eigenvalue weighted by molar-refractivity contribution is 0.394. The Morgan fingerprint density at radius 1 is 1.20 bits per heavy atom. The first kappa shape index (κ1) is 11.0. The Hall–Kier alpha value is -0.490. The average Bonchev–Trinajstić information content (AvgIpc) is 2.59. The molecular weight excluding hydrogens is 204 g/mol. The molecule has 3 unspecified atom stereocenters. The topological polar surface area (TPSA) is 0 Å². The second-order valence-electron chi connectivity index (χ2n) is 4.74. The van der Waals surface area contributed by atoms with Crippen LogP contribution in [0.5, 0.6) is 0 Å². The highest BCUT2D eigenvalue weighted by atomic mass is 35.5. The van der Waals surface area contributed by atoms with Gasteiger partial charge in [0, 0.05) is 5.38 Å². The van der Waals surface area contributed by atoms with Crippen LogP contribution in [0.4, 0.5) is 0 Å². The molecule has 1 aliphatic carbocycles. The minimum atomic E-state index is 0.422. The van der Waals surface area contributed by atoms with Gasteiger partial charge in [-0.3, -0.25) is 0 Å². The Bertz CT molecular complexity index is 293. The normalized spacial score (nSPS) is 30.7. The van der Waals surface area contributed by atoms with Gasteiger partial charge in [-0.25, -0.2) is 0 Å². The fraction of sp³-hybridized carbons (Fsp3) is 0.571. The van der Waals surface area contributed by atoms with E-state index in [1.54, 1.807) is 0 Å². The Morgan fingerprint density at radius 2 is 1.93 bits per heavy atom. The van der Waals surface area contributed by atoms with Crippen LogP contribution in [0, 0.1) is 11.8 Å². The summed E-state index contributed by atoms with van der Waals surface area (Å²) in [4.78, 5) is 0. The predicted octanol–water partition coefficient (Wildman–Crippen LogP) is 4.27. The van der Waals surface area contributed by atoms with E-state index in [0.29, 0.717) is 11.3 Å². The van der Waals surface area contributed by atoms with Crippen LogP contribution < -0.4 is 0 Å². The molecule has 0 aliphatic heterocycles. The molecule has 0 heterocycles. The van der Waals surface area contributed by atoms with E-state index in [4.69, 9.17) is 11.6 Å². The third-order valence-corrected chi connectivity index (χ3v) is 4.39. The Kier molecular flexibility index (Phi) is 3.69. The number of aryl methyl sites for hydroxylation is 1. The fourth-order valence-corrected chi connectivity index (χ4v) is 2.93. The summed E-state index contributed by atoms with van der Waals surface area (Å²) in [6.07, 6.45) is 5.04. The first-order chi connectivity index (χ1) is 7.27. The summed E-state index contributed by atoms with van der Waals surface area (Å²) < 4.78 is 0. The maximum absolute atomic E-state index is 6.24. The zero-order valence-corrected chi connectivity index (χ0v) is 10.1. The molecule has 0 saturated heterocycles. The molecule has 0 amide bonds. The lowest BCUT2D eigenvalue weighted by Crippen LogP contribution is -2.11. The Balaban J connectivity index is 1.84. The highest BCUT2D eigenvalue weighted by Crippen LogP contribution is 2.37. The SMILES string of the molecule is CC1C(Cl)CCC1CCc1ccccc1. The van der Waals surface area contributed by atoms with E-state index in [2.05, 4.69) is 37.3 Å². The van der Waals surface area contributed by atoms with Gasteiger partial charge in [-0.2, -0.15) is 0 Å². The van der Waals surface area contributed by atoms with Crippen LogP contribution in [0.25, 0.3) is 0 Å². The summed E-state index contributed by atoms with van der Waals surface area (Å²) in [6.45, 7) is 2.31. The van der Waals surface area contributed by atoms with Gasteiger partial charge >= 0.3 is 0 Å². The van der Waals surface area contributed by atoms with Crippen molar-refractivity contribution in [3.8, 4) is 0 Å². The van der Waals surface area contributed by atoms with Gasteiger partial charge in [0.1, 0.15) is 0 Å². The van der Waals surface area contributed by atoms with Crippen molar-refractivity contribution in [3.05, 3.63) is 35.9 Å². The summed E-state index contributed by atoms with van der Waals surface area (Å²) >= 11 is 6.24. The lowest BCUT2D eigenvalue weighted by atomic mass is 9.91. The van der Waals surface area contributed by atoms with E-state index in [1.807, 2.05) is 0 Å². The summed E-state index contributed by atoms with van der Waals surface area (Å²) in [7, 11) is 0. The number of hydrogen-bond acceptors (Lipinski definition) is 0. The molecule has 0 bridgehead atoms. The van der Waals surface area contributed by atoms with Crippen molar-refractivity contribution in [2.24, 2.45) is 11.8 Å². The molecule has 1 saturated carbocycles. The number of benzene rings is 1. The van der Waals surface area contributed by atoms with Crippen LogP contribution in [-0.4, -0.2) is 5.38 Å². The monoisotopic (exact) mass is 222 g/mol. The van der Waals surface area contributed by atoms with Crippen molar-refractivity contribution < 1.29 is 0 Å². The highest BCUT2D eigenvalue weighted by Gasteiger charge is 2.30. The lowest BCUT2D eigenvalue weighted by Gasteiger charge is -2.16. The summed E-state index contributed by atoms with van der Waals surface area (Å²) in [5, 5.41) is 0.422. The van der Waals surface area contributed by atoms with Gasteiger partial charge in [0.15, 0.2) is 0 Å². The largest absolute Gasteiger partial charge is 0.123 e. The molecule has 0 spiro atoms. The number of alkyl halides is 1. The number of rotatable bonds is 3. The van der Waals surface area contributed by atoms with E-state index >= 15 is 0 Å². The fourth-order valence-electron chi connectivity index (χ4n) is 2.60. The molecule has 1 aromatic carbocycles. The molecule has 0 radical (unpaired) electrons. The molecule has 3 atom stereocenters. The van der Waals surface area contributed by atoms with E-state index < -0.39 is 0 Å². The van der Waals surface area contributed by atoms with Crippen molar-refractivity contribution in [3.63, 3.8) is 0 Å². The first-order valence-corrected chi connectivity index (χ1v) is 6.39. The van der Waals surface area contributed by atoms with Crippen molar-refractivity contribution in [1.82, 2.24) is 0 Å². The Morgan fingerprint density at radius 3 is 2.53 bits per heavy atom. The van der Waals surface area contributed by atoms with Gasteiger partial charge in [-0.1, -0.05) is 37.3 Å². The van der Waals surface area contributed by atoms with Gasteiger partial charge in [0.25, 0.3) is 0 Å². The number of halogens is 1. The molecule has 1 fully saturated rings. The zero-order valence-electron chi connectivity index (χ0n) is 9.33. The van der Waals surface area contributed by atoms with Crippen molar-refractivity contribution >= 4 is 11.6 Å². The van der Waals surface area contributed by atoms with Crippen LogP contribution in [-0.2, 0) is 6.42 Å². The maximum atomic E-state index is 6.24. The van der Waals surface area contributed by atoms with Crippen molar-refractivity contribution in [1.29, 1.82) is 0 Å². The number of hydrogen-bond donors (Lipinski definition) is 0. The van der Waals surface area contributed by atoms with E-state index in [-0.39, 0.29) is 0 Å². The predicted molar refractivity (Wildman–Crippen MR) is 66.3 cm³/mol. The molecular formula is C14H19Cl. The Labute approximate surface area is 97.6 Å². The molecule has 0 nitrogen and oxygen atoms in total. The minimum absolute atomic E-state index is 0.422. The second kappa shape index (κ2) is 5.03. The molecule has 0 aromatic heterocycles.